The molecule has 2 aromatic carbocycles. The maximum atomic E-state index is 10.5. The first-order valence-electron chi connectivity index (χ1n) is 6.60. The van der Waals surface area contributed by atoms with Gasteiger partial charge < -0.3 is 15.5 Å². The number of hydrogen-bond acceptors (Lipinski definition) is 2. The van der Waals surface area contributed by atoms with Gasteiger partial charge in [0.15, 0.2) is 0 Å². The normalized spacial score (nSPS) is 12.3. The molecule has 23 heavy (non-hydrogen) atoms. The number of rotatable bonds is 1. The Morgan fingerprint density at radius 1 is 1.09 bits per heavy atom. The van der Waals surface area contributed by atoms with Gasteiger partial charge >= 0.3 is 5.97 Å². The Balaban J connectivity index is 0.000000223. The number of carbonyl (C=O) groups is 1. The molecule has 0 amide bonds. The standard InChI is InChI=1S/C9H10N.C7H4Cl2O3.W/c1-2-4-9-7-10-6-5-8(9)3-1;8-4-1-3(10)2-5(9)6(4)7(11)12;/h1-4H,5-7H2;1-2,10H,(H,11,12);/q-1;;. The first-order valence-corrected chi connectivity index (χ1v) is 7.36. The molecular formula is C16H14Cl2NO3W-. The molecule has 0 saturated heterocycles. The van der Waals surface area contributed by atoms with E-state index in [1.165, 1.54) is 11.1 Å². The van der Waals surface area contributed by atoms with Crippen molar-refractivity contribution in [3.63, 3.8) is 0 Å². The summed E-state index contributed by atoms with van der Waals surface area (Å²) in [6.45, 7) is 1.94. The van der Waals surface area contributed by atoms with Crippen LogP contribution in [0.15, 0.2) is 36.4 Å². The summed E-state index contributed by atoms with van der Waals surface area (Å²) in [4.78, 5) is 10.5. The van der Waals surface area contributed by atoms with Gasteiger partial charge in [-0.05, 0) is 24.1 Å². The van der Waals surface area contributed by atoms with E-state index in [0.29, 0.717) is 0 Å². The minimum absolute atomic E-state index is 0. The molecule has 0 atom stereocenters. The molecule has 1 heterocycles. The number of carboxylic acids is 1. The summed E-state index contributed by atoms with van der Waals surface area (Å²) in [6.07, 6.45) is 1.14. The van der Waals surface area contributed by atoms with Crippen molar-refractivity contribution < 1.29 is 36.1 Å². The maximum Gasteiger partial charge on any atom is 0.338 e. The van der Waals surface area contributed by atoms with Crippen molar-refractivity contribution >= 4 is 29.2 Å². The van der Waals surface area contributed by atoms with Gasteiger partial charge in [-0.3, -0.25) is 0 Å². The Hall–Kier alpha value is -1.06. The third kappa shape index (κ3) is 5.50. The van der Waals surface area contributed by atoms with Crippen molar-refractivity contribution in [3.8, 4) is 5.75 Å². The Morgan fingerprint density at radius 3 is 2.17 bits per heavy atom. The van der Waals surface area contributed by atoms with Crippen LogP contribution in [0.4, 0.5) is 0 Å². The summed E-state index contributed by atoms with van der Waals surface area (Å²) in [5, 5.41) is 21.7. The molecule has 0 unspecified atom stereocenters. The van der Waals surface area contributed by atoms with Crippen molar-refractivity contribution in [2.45, 2.75) is 13.0 Å². The number of phenolic OH excluding ortho intramolecular Hbond substituents is 1. The summed E-state index contributed by atoms with van der Waals surface area (Å²) in [5.41, 5.74) is 2.70. The second kappa shape index (κ2) is 9.29. The molecule has 1 aliphatic heterocycles. The van der Waals surface area contributed by atoms with Crippen LogP contribution < -0.4 is 0 Å². The Labute approximate surface area is 158 Å². The van der Waals surface area contributed by atoms with Gasteiger partial charge in [-0.2, -0.15) is 0 Å². The molecule has 1 aliphatic rings. The quantitative estimate of drug-likeness (QED) is 0.579. The minimum Gasteiger partial charge on any atom is -0.658 e. The van der Waals surface area contributed by atoms with E-state index < -0.39 is 5.97 Å². The van der Waals surface area contributed by atoms with Crippen LogP contribution in [0.2, 0.25) is 10.0 Å². The first kappa shape index (κ1) is 20.0. The van der Waals surface area contributed by atoms with Crippen LogP contribution >= 0.6 is 23.2 Å². The van der Waals surface area contributed by atoms with Crippen LogP contribution in [0.5, 0.6) is 5.75 Å². The monoisotopic (exact) mass is 522 g/mol. The number of aromatic carboxylic acids is 1. The van der Waals surface area contributed by atoms with E-state index >= 15 is 0 Å². The Morgan fingerprint density at radius 2 is 1.65 bits per heavy atom. The predicted molar refractivity (Wildman–Crippen MR) is 87.2 cm³/mol. The van der Waals surface area contributed by atoms with Crippen LogP contribution in [-0.2, 0) is 34.0 Å². The summed E-state index contributed by atoms with van der Waals surface area (Å²) in [7, 11) is 0. The number of halogens is 2. The molecule has 2 N–H and O–H groups in total. The summed E-state index contributed by atoms with van der Waals surface area (Å²) >= 11 is 11.0. The molecular weight excluding hydrogens is 509 g/mol. The van der Waals surface area contributed by atoms with Crippen molar-refractivity contribution in [1.29, 1.82) is 0 Å². The SMILES string of the molecule is O=C(O)c1c(Cl)cc(O)cc1Cl.[W].c1ccc2c(c1)CC[N-]C2. The fraction of sp³-hybridized carbons (Fsp3) is 0.188. The third-order valence-corrected chi connectivity index (χ3v) is 3.78. The van der Waals surface area contributed by atoms with Crippen molar-refractivity contribution in [2.75, 3.05) is 6.54 Å². The fourth-order valence-electron chi connectivity index (χ4n) is 2.12. The molecule has 0 aliphatic carbocycles. The van der Waals surface area contributed by atoms with E-state index in [2.05, 4.69) is 29.6 Å². The number of nitrogens with zero attached hydrogens (tertiary/aromatic N) is 1. The number of carboxylic acid groups (broad SMARTS) is 1. The van der Waals surface area contributed by atoms with Crippen LogP contribution in [0.25, 0.3) is 5.32 Å². The van der Waals surface area contributed by atoms with Gasteiger partial charge in [-0.25, -0.2) is 4.79 Å². The van der Waals surface area contributed by atoms with Crippen molar-refractivity contribution in [2.24, 2.45) is 0 Å². The van der Waals surface area contributed by atoms with E-state index in [1.807, 2.05) is 0 Å². The Bertz CT molecular complexity index is 647. The number of fused-ring (bicyclic) bond motifs is 1. The zero-order valence-corrected chi connectivity index (χ0v) is 16.4. The summed E-state index contributed by atoms with van der Waals surface area (Å²) in [5.74, 6) is -1.37. The van der Waals surface area contributed by atoms with Gasteiger partial charge in [0, 0.05) is 21.1 Å². The maximum absolute atomic E-state index is 10.5. The zero-order valence-electron chi connectivity index (χ0n) is 12.0. The smallest absolute Gasteiger partial charge is 0.338 e. The van der Waals surface area contributed by atoms with E-state index in [1.54, 1.807) is 0 Å². The summed E-state index contributed by atoms with van der Waals surface area (Å²) in [6, 6.07) is 10.8. The topological polar surface area (TPSA) is 71.6 Å². The molecule has 4 nitrogen and oxygen atoms in total. The van der Waals surface area contributed by atoms with Gasteiger partial charge in [-0.15, -0.1) is 13.1 Å². The van der Waals surface area contributed by atoms with Crippen LogP contribution in [0.1, 0.15) is 21.5 Å². The molecule has 122 valence electrons. The van der Waals surface area contributed by atoms with Crippen LogP contribution in [0.3, 0.4) is 0 Å². The molecule has 0 bridgehead atoms. The fourth-order valence-corrected chi connectivity index (χ4v) is 2.76. The molecule has 2 aromatic rings. The van der Waals surface area contributed by atoms with E-state index in [0.717, 1.165) is 31.6 Å². The van der Waals surface area contributed by atoms with Gasteiger partial charge in [-0.1, -0.05) is 53.0 Å². The number of hydrogen-bond donors (Lipinski definition) is 2. The predicted octanol–water partition coefficient (Wildman–Crippen LogP) is 4.51. The van der Waals surface area contributed by atoms with Gasteiger partial charge in [0.25, 0.3) is 0 Å². The number of phenols is 1. The first-order chi connectivity index (χ1) is 10.5. The van der Waals surface area contributed by atoms with Gasteiger partial charge in [0.2, 0.25) is 0 Å². The second-order valence-electron chi connectivity index (χ2n) is 4.71. The molecule has 7 heteroatoms. The molecule has 0 radical (unpaired) electrons. The minimum atomic E-state index is -1.22. The number of aromatic hydroxyl groups is 1. The summed E-state index contributed by atoms with van der Waals surface area (Å²) < 4.78 is 0. The third-order valence-electron chi connectivity index (χ3n) is 3.18. The average molecular weight is 523 g/mol. The molecule has 0 aromatic heterocycles. The van der Waals surface area contributed by atoms with Crippen molar-refractivity contribution in [3.05, 3.63) is 68.5 Å². The van der Waals surface area contributed by atoms with Crippen LogP contribution in [0, 0.1) is 0 Å². The Kier molecular flexibility index (Phi) is 8.07. The van der Waals surface area contributed by atoms with Crippen LogP contribution in [-0.4, -0.2) is 22.7 Å². The molecule has 0 fully saturated rings. The zero-order chi connectivity index (χ0) is 16.1. The van der Waals surface area contributed by atoms with Gasteiger partial charge in [0.1, 0.15) is 5.75 Å². The molecule has 3 rings (SSSR count). The van der Waals surface area contributed by atoms with E-state index in [-0.39, 0.29) is 42.4 Å². The van der Waals surface area contributed by atoms with E-state index in [9.17, 15) is 4.79 Å². The second-order valence-corrected chi connectivity index (χ2v) is 5.53. The van der Waals surface area contributed by atoms with Crippen molar-refractivity contribution in [1.82, 2.24) is 0 Å². The average Bonchev–Trinajstić information content (AvgIpc) is 2.46. The number of benzene rings is 2. The largest absolute Gasteiger partial charge is 0.658 e. The van der Waals surface area contributed by atoms with E-state index in [4.69, 9.17) is 33.4 Å². The van der Waals surface area contributed by atoms with Gasteiger partial charge in [0.05, 0.1) is 15.6 Å². The molecule has 0 spiro atoms. The molecule has 0 saturated carbocycles.